The van der Waals surface area contributed by atoms with E-state index in [1.54, 1.807) is 13.8 Å². The molecule has 0 spiro atoms. The SMILES string of the molecule is Cc1cc([N+](=O)[O-])c(S(=O)(=O)NCCCI)cc1C. The van der Waals surface area contributed by atoms with Gasteiger partial charge in [-0.05, 0) is 37.5 Å². The molecule has 0 unspecified atom stereocenters. The minimum atomic E-state index is -3.84. The van der Waals surface area contributed by atoms with Crippen LogP contribution >= 0.6 is 22.6 Å². The normalized spacial score (nSPS) is 11.5. The third kappa shape index (κ3) is 4.11. The summed E-state index contributed by atoms with van der Waals surface area (Å²) in [5.74, 6) is 0. The minimum absolute atomic E-state index is 0.269. The van der Waals surface area contributed by atoms with Gasteiger partial charge >= 0.3 is 0 Å². The Morgan fingerprint density at radius 3 is 2.42 bits per heavy atom. The van der Waals surface area contributed by atoms with Crippen LogP contribution in [0.25, 0.3) is 0 Å². The Morgan fingerprint density at radius 1 is 1.32 bits per heavy atom. The number of nitro groups is 1. The topological polar surface area (TPSA) is 89.3 Å². The molecule has 1 aromatic carbocycles. The molecular weight excluding hydrogens is 383 g/mol. The van der Waals surface area contributed by atoms with E-state index in [9.17, 15) is 18.5 Å². The Kier molecular flexibility index (Phi) is 5.68. The summed E-state index contributed by atoms with van der Waals surface area (Å²) >= 11 is 2.14. The number of rotatable bonds is 6. The standard InChI is InChI=1S/C11H15IN2O4S/c1-8-6-10(14(15)16)11(7-9(8)2)19(17,18)13-5-3-4-12/h6-7,13H,3-5H2,1-2H3. The van der Waals surface area contributed by atoms with Crippen LogP contribution in [0.5, 0.6) is 0 Å². The first kappa shape index (κ1) is 16.3. The largest absolute Gasteiger partial charge is 0.289 e. The van der Waals surface area contributed by atoms with Crippen LogP contribution in [0.3, 0.4) is 0 Å². The van der Waals surface area contributed by atoms with E-state index in [0.717, 1.165) is 4.43 Å². The van der Waals surface area contributed by atoms with Crippen LogP contribution < -0.4 is 4.72 Å². The van der Waals surface area contributed by atoms with Crippen molar-refractivity contribution in [2.24, 2.45) is 0 Å². The summed E-state index contributed by atoms with van der Waals surface area (Å²) in [6.45, 7) is 3.71. The quantitative estimate of drug-likeness (QED) is 0.262. The van der Waals surface area contributed by atoms with Crippen molar-refractivity contribution in [1.82, 2.24) is 4.72 Å². The minimum Gasteiger partial charge on any atom is -0.258 e. The molecule has 0 aliphatic carbocycles. The summed E-state index contributed by atoms with van der Waals surface area (Å²) < 4.78 is 27.4. The summed E-state index contributed by atoms with van der Waals surface area (Å²) in [6, 6.07) is 2.64. The molecule has 1 N–H and O–H groups in total. The summed E-state index contributed by atoms with van der Waals surface area (Å²) in [7, 11) is -3.84. The number of sulfonamides is 1. The van der Waals surface area contributed by atoms with Crippen molar-refractivity contribution in [3.63, 3.8) is 0 Å². The number of nitrogens with zero attached hydrogens (tertiary/aromatic N) is 1. The van der Waals surface area contributed by atoms with Crippen molar-refractivity contribution < 1.29 is 13.3 Å². The summed E-state index contributed by atoms with van der Waals surface area (Å²) in [4.78, 5) is 10.0. The van der Waals surface area contributed by atoms with Gasteiger partial charge < -0.3 is 0 Å². The number of alkyl halides is 1. The second-order valence-electron chi connectivity index (χ2n) is 4.10. The number of hydrogen-bond donors (Lipinski definition) is 1. The fraction of sp³-hybridized carbons (Fsp3) is 0.455. The lowest BCUT2D eigenvalue weighted by Gasteiger charge is -2.09. The Labute approximate surface area is 125 Å². The molecule has 19 heavy (non-hydrogen) atoms. The molecule has 8 heteroatoms. The number of hydrogen-bond acceptors (Lipinski definition) is 4. The van der Waals surface area contributed by atoms with Gasteiger partial charge in [0.15, 0.2) is 4.90 Å². The van der Waals surface area contributed by atoms with Gasteiger partial charge in [-0.15, -0.1) is 0 Å². The van der Waals surface area contributed by atoms with Gasteiger partial charge in [-0.1, -0.05) is 22.6 Å². The van der Waals surface area contributed by atoms with Gasteiger partial charge in [-0.25, -0.2) is 13.1 Å². The average molecular weight is 398 g/mol. The number of nitro benzene ring substituents is 1. The zero-order valence-corrected chi connectivity index (χ0v) is 13.6. The zero-order valence-electron chi connectivity index (χ0n) is 10.6. The fourth-order valence-electron chi connectivity index (χ4n) is 1.48. The molecule has 0 aliphatic heterocycles. The first-order valence-electron chi connectivity index (χ1n) is 5.61. The molecule has 0 aliphatic rings. The van der Waals surface area contributed by atoms with E-state index in [4.69, 9.17) is 0 Å². The molecule has 1 rings (SSSR count). The molecule has 0 amide bonds. The molecule has 1 aromatic rings. The van der Waals surface area contributed by atoms with E-state index < -0.39 is 14.9 Å². The maximum atomic E-state index is 12.1. The van der Waals surface area contributed by atoms with Gasteiger partial charge in [-0.3, -0.25) is 10.1 Å². The Bertz CT molecular complexity index is 587. The van der Waals surface area contributed by atoms with Gasteiger partial charge in [-0.2, -0.15) is 0 Å². The molecule has 0 saturated heterocycles. The van der Waals surface area contributed by atoms with E-state index in [1.807, 2.05) is 0 Å². The van der Waals surface area contributed by atoms with Gasteiger partial charge in [0, 0.05) is 17.0 Å². The lowest BCUT2D eigenvalue weighted by atomic mass is 10.1. The average Bonchev–Trinajstić information content (AvgIpc) is 2.31. The first-order chi connectivity index (χ1) is 8.79. The van der Waals surface area contributed by atoms with E-state index in [-0.39, 0.29) is 17.1 Å². The first-order valence-corrected chi connectivity index (χ1v) is 8.61. The van der Waals surface area contributed by atoms with E-state index in [0.29, 0.717) is 17.5 Å². The molecule has 0 aromatic heterocycles. The molecule has 0 saturated carbocycles. The third-order valence-electron chi connectivity index (χ3n) is 2.66. The molecule has 106 valence electrons. The van der Waals surface area contributed by atoms with Crippen LogP contribution in [-0.2, 0) is 10.0 Å². The molecule has 6 nitrogen and oxygen atoms in total. The van der Waals surface area contributed by atoms with E-state index in [1.165, 1.54) is 12.1 Å². The van der Waals surface area contributed by atoms with Crippen molar-refractivity contribution in [2.45, 2.75) is 25.2 Å². The van der Waals surface area contributed by atoms with Gasteiger partial charge in [0.05, 0.1) is 4.92 Å². The highest BCUT2D eigenvalue weighted by atomic mass is 127. The van der Waals surface area contributed by atoms with Crippen LogP contribution in [-0.4, -0.2) is 24.3 Å². The predicted molar refractivity (Wildman–Crippen MR) is 81.3 cm³/mol. The number of nitrogens with one attached hydrogen (secondary N) is 1. The van der Waals surface area contributed by atoms with Crippen LogP contribution in [0, 0.1) is 24.0 Å². The Balaban J connectivity index is 3.25. The van der Waals surface area contributed by atoms with Crippen molar-refractivity contribution >= 4 is 38.3 Å². The number of halogens is 1. The second kappa shape index (κ2) is 6.62. The number of aryl methyl sites for hydroxylation is 2. The van der Waals surface area contributed by atoms with Gasteiger partial charge in [0.1, 0.15) is 0 Å². The highest BCUT2D eigenvalue weighted by molar-refractivity contribution is 14.1. The van der Waals surface area contributed by atoms with Crippen LogP contribution in [0.2, 0.25) is 0 Å². The maximum absolute atomic E-state index is 12.1. The molecule has 0 fully saturated rings. The van der Waals surface area contributed by atoms with E-state index in [2.05, 4.69) is 27.3 Å². The van der Waals surface area contributed by atoms with E-state index >= 15 is 0 Å². The Morgan fingerprint density at radius 2 is 1.89 bits per heavy atom. The monoisotopic (exact) mass is 398 g/mol. The second-order valence-corrected chi connectivity index (χ2v) is 6.92. The zero-order chi connectivity index (χ0) is 14.6. The highest BCUT2D eigenvalue weighted by Gasteiger charge is 2.26. The van der Waals surface area contributed by atoms with Crippen LogP contribution in [0.15, 0.2) is 17.0 Å². The Hall–Kier alpha value is -0.740. The smallest absolute Gasteiger partial charge is 0.258 e. The lowest BCUT2D eigenvalue weighted by Crippen LogP contribution is -2.26. The summed E-state index contributed by atoms with van der Waals surface area (Å²) in [5, 5.41) is 11.0. The fourth-order valence-corrected chi connectivity index (χ4v) is 3.17. The predicted octanol–water partition coefficient (Wildman–Crippen LogP) is 2.32. The van der Waals surface area contributed by atoms with Crippen LogP contribution in [0.1, 0.15) is 17.5 Å². The molecule has 0 radical (unpaired) electrons. The van der Waals surface area contributed by atoms with Crippen molar-refractivity contribution in [3.05, 3.63) is 33.4 Å². The summed E-state index contributed by atoms with van der Waals surface area (Å²) in [5.41, 5.74) is 1.02. The van der Waals surface area contributed by atoms with Gasteiger partial charge in [0.25, 0.3) is 5.69 Å². The van der Waals surface area contributed by atoms with Crippen molar-refractivity contribution in [3.8, 4) is 0 Å². The number of benzene rings is 1. The summed E-state index contributed by atoms with van der Waals surface area (Å²) in [6.07, 6.45) is 0.679. The molecule has 0 atom stereocenters. The molecule has 0 bridgehead atoms. The molecule has 0 heterocycles. The maximum Gasteiger partial charge on any atom is 0.289 e. The lowest BCUT2D eigenvalue weighted by molar-refractivity contribution is -0.387. The molecular formula is C11H15IN2O4S. The van der Waals surface area contributed by atoms with Crippen molar-refractivity contribution in [1.29, 1.82) is 0 Å². The highest BCUT2D eigenvalue weighted by Crippen LogP contribution is 2.27. The van der Waals surface area contributed by atoms with Crippen molar-refractivity contribution in [2.75, 3.05) is 11.0 Å². The van der Waals surface area contributed by atoms with Gasteiger partial charge in [0.2, 0.25) is 10.0 Å². The van der Waals surface area contributed by atoms with Crippen LogP contribution in [0.4, 0.5) is 5.69 Å². The third-order valence-corrected chi connectivity index (χ3v) is 4.92.